The standard InChI is InChI=1S/C13H14BrN3O2/c1-2-19-12(18)13(4-3-5-13)11-16-9-6-8(14)7-15-10(9)17-11/h6-7H,2-5H2,1H3,(H,15,16,17). The number of carbonyl (C=O) groups is 1. The summed E-state index contributed by atoms with van der Waals surface area (Å²) in [4.78, 5) is 24.1. The van der Waals surface area contributed by atoms with Crippen molar-refractivity contribution in [3.8, 4) is 0 Å². The largest absolute Gasteiger partial charge is 0.465 e. The van der Waals surface area contributed by atoms with Crippen molar-refractivity contribution in [2.75, 3.05) is 6.61 Å². The van der Waals surface area contributed by atoms with Crippen molar-refractivity contribution in [1.82, 2.24) is 15.0 Å². The van der Waals surface area contributed by atoms with Crippen LogP contribution in [0.2, 0.25) is 0 Å². The number of fused-ring (bicyclic) bond motifs is 1. The predicted octanol–water partition coefficient (Wildman–Crippen LogP) is 2.71. The van der Waals surface area contributed by atoms with E-state index in [1.807, 2.05) is 13.0 Å². The van der Waals surface area contributed by atoms with Crippen LogP contribution in [0, 0.1) is 0 Å². The van der Waals surface area contributed by atoms with Gasteiger partial charge in [0.25, 0.3) is 0 Å². The van der Waals surface area contributed by atoms with Gasteiger partial charge in [0.15, 0.2) is 5.65 Å². The summed E-state index contributed by atoms with van der Waals surface area (Å²) in [5, 5.41) is 0. The molecule has 1 aliphatic rings. The number of H-pyrrole nitrogens is 1. The summed E-state index contributed by atoms with van der Waals surface area (Å²) < 4.78 is 6.08. The van der Waals surface area contributed by atoms with Crippen LogP contribution in [0.1, 0.15) is 32.0 Å². The molecule has 100 valence electrons. The van der Waals surface area contributed by atoms with Gasteiger partial charge in [0.05, 0.1) is 12.1 Å². The Hall–Kier alpha value is -1.43. The fourth-order valence-corrected chi connectivity index (χ4v) is 2.77. The van der Waals surface area contributed by atoms with Crippen molar-refractivity contribution in [2.45, 2.75) is 31.6 Å². The van der Waals surface area contributed by atoms with Crippen LogP contribution in [0.15, 0.2) is 16.7 Å². The van der Waals surface area contributed by atoms with E-state index in [-0.39, 0.29) is 5.97 Å². The molecule has 3 rings (SSSR count). The Labute approximate surface area is 118 Å². The molecule has 2 aromatic rings. The molecular weight excluding hydrogens is 310 g/mol. The third-order valence-electron chi connectivity index (χ3n) is 3.63. The Kier molecular flexibility index (Phi) is 3.05. The minimum Gasteiger partial charge on any atom is -0.465 e. The molecule has 0 bridgehead atoms. The third kappa shape index (κ3) is 1.94. The molecule has 0 saturated heterocycles. The lowest BCUT2D eigenvalue weighted by molar-refractivity contribution is -0.154. The summed E-state index contributed by atoms with van der Waals surface area (Å²) in [6.07, 6.45) is 4.29. The van der Waals surface area contributed by atoms with E-state index in [0.29, 0.717) is 18.1 Å². The number of aromatic amines is 1. The van der Waals surface area contributed by atoms with E-state index < -0.39 is 5.41 Å². The van der Waals surface area contributed by atoms with Crippen LogP contribution in [0.5, 0.6) is 0 Å². The number of rotatable bonds is 3. The minimum absolute atomic E-state index is 0.181. The van der Waals surface area contributed by atoms with Crippen molar-refractivity contribution in [3.05, 3.63) is 22.6 Å². The minimum atomic E-state index is -0.594. The number of hydrogen-bond donors (Lipinski definition) is 1. The first-order chi connectivity index (χ1) is 9.15. The molecule has 6 heteroatoms. The Morgan fingerprint density at radius 3 is 3.00 bits per heavy atom. The molecule has 0 aliphatic heterocycles. The van der Waals surface area contributed by atoms with Gasteiger partial charge in [-0.1, -0.05) is 6.42 Å². The topological polar surface area (TPSA) is 67.9 Å². The van der Waals surface area contributed by atoms with Crippen molar-refractivity contribution in [3.63, 3.8) is 0 Å². The van der Waals surface area contributed by atoms with Crippen LogP contribution in [-0.4, -0.2) is 27.5 Å². The number of nitrogens with one attached hydrogen (secondary N) is 1. The van der Waals surface area contributed by atoms with Gasteiger partial charge >= 0.3 is 5.97 Å². The number of carbonyl (C=O) groups excluding carboxylic acids is 1. The van der Waals surface area contributed by atoms with E-state index in [0.717, 1.165) is 29.3 Å². The van der Waals surface area contributed by atoms with Gasteiger partial charge in [-0.2, -0.15) is 0 Å². The van der Waals surface area contributed by atoms with Gasteiger partial charge in [-0.25, -0.2) is 9.97 Å². The smallest absolute Gasteiger partial charge is 0.319 e. The van der Waals surface area contributed by atoms with Crippen molar-refractivity contribution >= 4 is 33.1 Å². The van der Waals surface area contributed by atoms with Crippen LogP contribution in [0.4, 0.5) is 0 Å². The number of aromatic nitrogens is 3. The molecule has 0 spiro atoms. The SMILES string of the molecule is CCOC(=O)C1(c2nc3ncc(Br)cc3[nH]2)CCC1. The molecule has 1 fully saturated rings. The molecule has 0 amide bonds. The van der Waals surface area contributed by atoms with Crippen LogP contribution >= 0.6 is 15.9 Å². The molecule has 0 unspecified atom stereocenters. The van der Waals surface area contributed by atoms with Gasteiger partial charge in [0.1, 0.15) is 11.2 Å². The first-order valence-electron chi connectivity index (χ1n) is 6.35. The van der Waals surface area contributed by atoms with Crippen LogP contribution < -0.4 is 0 Å². The highest BCUT2D eigenvalue weighted by Crippen LogP contribution is 2.43. The van der Waals surface area contributed by atoms with Gasteiger partial charge in [0, 0.05) is 10.7 Å². The molecule has 0 radical (unpaired) electrons. The van der Waals surface area contributed by atoms with Gasteiger partial charge in [-0.3, -0.25) is 4.79 Å². The number of halogens is 1. The number of hydrogen-bond acceptors (Lipinski definition) is 4. The molecule has 1 N–H and O–H groups in total. The van der Waals surface area contributed by atoms with Crippen molar-refractivity contribution in [1.29, 1.82) is 0 Å². The number of esters is 1. The highest BCUT2D eigenvalue weighted by Gasteiger charge is 2.49. The summed E-state index contributed by atoms with van der Waals surface area (Å²) in [7, 11) is 0. The van der Waals surface area contributed by atoms with Gasteiger partial charge in [-0.15, -0.1) is 0 Å². The molecule has 19 heavy (non-hydrogen) atoms. The van der Waals surface area contributed by atoms with Gasteiger partial charge < -0.3 is 9.72 Å². The molecule has 1 aliphatic carbocycles. The molecule has 5 nitrogen and oxygen atoms in total. The van der Waals surface area contributed by atoms with Crippen molar-refractivity contribution in [2.24, 2.45) is 0 Å². The van der Waals surface area contributed by atoms with Crippen LogP contribution in [-0.2, 0) is 14.9 Å². The number of ether oxygens (including phenoxy) is 1. The Morgan fingerprint density at radius 1 is 1.58 bits per heavy atom. The number of nitrogens with zero attached hydrogens (tertiary/aromatic N) is 2. The van der Waals surface area contributed by atoms with Gasteiger partial charge in [-0.05, 0) is 41.8 Å². The van der Waals surface area contributed by atoms with E-state index in [2.05, 4.69) is 30.9 Å². The maximum atomic E-state index is 12.2. The summed E-state index contributed by atoms with van der Waals surface area (Å²) in [5.41, 5.74) is 0.872. The lowest BCUT2D eigenvalue weighted by Gasteiger charge is -2.37. The van der Waals surface area contributed by atoms with E-state index >= 15 is 0 Å². The summed E-state index contributed by atoms with van der Waals surface area (Å²) >= 11 is 3.38. The monoisotopic (exact) mass is 323 g/mol. The maximum Gasteiger partial charge on any atom is 0.319 e. The fourth-order valence-electron chi connectivity index (χ4n) is 2.44. The average molecular weight is 324 g/mol. The van der Waals surface area contributed by atoms with Crippen molar-refractivity contribution < 1.29 is 9.53 Å². The molecule has 2 heterocycles. The molecule has 0 aromatic carbocycles. The normalized spacial score (nSPS) is 17.2. The predicted molar refractivity (Wildman–Crippen MR) is 73.8 cm³/mol. The molecular formula is C13H14BrN3O2. The number of pyridine rings is 1. The van der Waals surface area contributed by atoms with E-state index in [1.54, 1.807) is 6.20 Å². The zero-order valence-electron chi connectivity index (χ0n) is 10.6. The summed E-state index contributed by atoms with van der Waals surface area (Å²) in [6, 6.07) is 1.91. The van der Waals surface area contributed by atoms with E-state index in [4.69, 9.17) is 4.74 Å². The molecule has 0 atom stereocenters. The second-order valence-corrected chi connectivity index (χ2v) is 5.68. The Morgan fingerprint density at radius 2 is 2.37 bits per heavy atom. The average Bonchev–Trinajstić information content (AvgIpc) is 2.70. The van der Waals surface area contributed by atoms with E-state index in [9.17, 15) is 4.79 Å². The quantitative estimate of drug-likeness (QED) is 0.882. The Balaban J connectivity index is 2.04. The van der Waals surface area contributed by atoms with E-state index in [1.165, 1.54) is 0 Å². The second kappa shape index (κ2) is 4.59. The lowest BCUT2D eigenvalue weighted by Crippen LogP contribution is -2.44. The lowest BCUT2D eigenvalue weighted by atomic mass is 9.68. The maximum absolute atomic E-state index is 12.2. The van der Waals surface area contributed by atoms with Crippen LogP contribution in [0.25, 0.3) is 11.2 Å². The highest BCUT2D eigenvalue weighted by molar-refractivity contribution is 9.10. The summed E-state index contributed by atoms with van der Waals surface area (Å²) in [5.74, 6) is 0.497. The Bertz CT molecular complexity index is 634. The first-order valence-corrected chi connectivity index (χ1v) is 7.14. The first kappa shape index (κ1) is 12.6. The third-order valence-corrected chi connectivity index (χ3v) is 4.06. The van der Waals surface area contributed by atoms with Crippen LogP contribution in [0.3, 0.4) is 0 Å². The zero-order chi connectivity index (χ0) is 13.5. The summed E-state index contributed by atoms with van der Waals surface area (Å²) in [6.45, 7) is 2.21. The number of imidazole rings is 1. The second-order valence-electron chi connectivity index (χ2n) is 4.77. The molecule has 2 aromatic heterocycles. The zero-order valence-corrected chi connectivity index (χ0v) is 12.2. The highest BCUT2D eigenvalue weighted by atomic mass is 79.9. The van der Waals surface area contributed by atoms with Gasteiger partial charge in [0.2, 0.25) is 0 Å². The molecule has 1 saturated carbocycles. The fraction of sp³-hybridized carbons (Fsp3) is 0.462.